The maximum absolute atomic E-state index is 3.61. The molecule has 0 amide bonds. The molecule has 0 saturated carbocycles. The quantitative estimate of drug-likeness (QED) is 0.746. The highest BCUT2D eigenvalue weighted by atomic mass is 32.1. The van der Waals surface area contributed by atoms with Crippen LogP contribution in [0.25, 0.3) is 0 Å². The third-order valence-electron chi connectivity index (χ3n) is 2.68. The smallest absolute Gasteiger partial charge is 0.00871 e. The van der Waals surface area contributed by atoms with Crippen LogP contribution in [-0.4, -0.2) is 12.6 Å². The van der Waals surface area contributed by atoms with Crippen LogP contribution >= 0.6 is 11.3 Å². The molecule has 0 spiro atoms. The molecular weight excluding hydrogens is 202 g/mol. The van der Waals surface area contributed by atoms with E-state index in [-0.39, 0.29) is 0 Å². The fourth-order valence-electron chi connectivity index (χ4n) is 1.80. The fourth-order valence-corrected chi connectivity index (χ4v) is 2.64. The average molecular weight is 225 g/mol. The van der Waals surface area contributed by atoms with Crippen molar-refractivity contribution in [1.82, 2.24) is 5.32 Å². The second-order valence-electron chi connectivity index (χ2n) is 4.49. The molecule has 0 saturated heterocycles. The molecule has 1 aromatic rings. The summed E-state index contributed by atoms with van der Waals surface area (Å²) in [6.45, 7) is 8.01. The summed E-state index contributed by atoms with van der Waals surface area (Å²) in [7, 11) is 0. The fraction of sp³-hybridized carbons (Fsp3) is 0.692. The third-order valence-corrected chi connectivity index (χ3v) is 3.58. The summed E-state index contributed by atoms with van der Waals surface area (Å²) in [4.78, 5) is 1.48. The second-order valence-corrected chi connectivity index (χ2v) is 5.52. The van der Waals surface area contributed by atoms with E-state index in [1.165, 1.54) is 17.7 Å². The first-order chi connectivity index (χ1) is 7.22. The highest BCUT2D eigenvalue weighted by molar-refractivity contribution is 7.09. The summed E-state index contributed by atoms with van der Waals surface area (Å²) in [5, 5.41) is 5.77. The normalized spacial score (nSPS) is 15.1. The van der Waals surface area contributed by atoms with Crippen LogP contribution in [0.2, 0.25) is 0 Å². The van der Waals surface area contributed by atoms with Crippen molar-refractivity contribution < 1.29 is 0 Å². The predicted molar refractivity (Wildman–Crippen MR) is 69.6 cm³/mol. The van der Waals surface area contributed by atoms with Crippen LogP contribution < -0.4 is 5.32 Å². The number of hydrogen-bond donors (Lipinski definition) is 1. The summed E-state index contributed by atoms with van der Waals surface area (Å²) < 4.78 is 0. The molecule has 1 heterocycles. The van der Waals surface area contributed by atoms with Gasteiger partial charge in [-0.2, -0.15) is 0 Å². The van der Waals surface area contributed by atoms with Gasteiger partial charge in [-0.1, -0.05) is 26.3 Å². The average Bonchev–Trinajstić information content (AvgIpc) is 2.68. The van der Waals surface area contributed by atoms with Crippen molar-refractivity contribution in [3.8, 4) is 0 Å². The molecule has 2 atom stereocenters. The molecule has 0 aliphatic heterocycles. The van der Waals surface area contributed by atoms with Crippen molar-refractivity contribution in [2.75, 3.05) is 6.54 Å². The van der Waals surface area contributed by atoms with Gasteiger partial charge in [0.15, 0.2) is 0 Å². The van der Waals surface area contributed by atoms with Gasteiger partial charge in [0.05, 0.1) is 0 Å². The topological polar surface area (TPSA) is 12.0 Å². The van der Waals surface area contributed by atoms with E-state index >= 15 is 0 Å². The van der Waals surface area contributed by atoms with Crippen molar-refractivity contribution >= 4 is 11.3 Å². The van der Waals surface area contributed by atoms with E-state index in [2.05, 4.69) is 43.6 Å². The van der Waals surface area contributed by atoms with Gasteiger partial charge in [-0.3, -0.25) is 0 Å². The monoisotopic (exact) mass is 225 g/mol. The lowest BCUT2D eigenvalue weighted by Crippen LogP contribution is -2.31. The van der Waals surface area contributed by atoms with Crippen molar-refractivity contribution in [2.45, 2.75) is 46.1 Å². The van der Waals surface area contributed by atoms with Crippen molar-refractivity contribution in [1.29, 1.82) is 0 Å². The SMILES string of the molecule is CCCC(C)CNC(C)Cc1cccs1. The molecule has 0 radical (unpaired) electrons. The molecule has 1 rings (SSSR count). The van der Waals surface area contributed by atoms with Gasteiger partial charge in [0, 0.05) is 10.9 Å². The zero-order valence-electron chi connectivity index (χ0n) is 10.1. The Morgan fingerprint density at radius 2 is 2.20 bits per heavy atom. The van der Waals surface area contributed by atoms with E-state index in [0.29, 0.717) is 6.04 Å². The molecule has 0 fully saturated rings. The standard InChI is InChI=1S/C13H23NS/c1-4-6-11(2)10-14-12(3)9-13-7-5-8-15-13/h5,7-8,11-12,14H,4,6,9-10H2,1-3H3. The minimum atomic E-state index is 0.600. The first kappa shape index (κ1) is 12.7. The molecule has 1 N–H and O–H groups in total. The van der Waals surface area contributed by atoms with Gasteiger partial charge in [-0.15, -0.1) is 11.3 Å². The van der Waals surface area contributed by atoms with Crippen LogP contribution in [0.4, 0.5) is 0 Å². The Morgan fingerprint density at radius 1 is 1.40 bits per heavy atom. The molecule has 0 aliphatic carbocycles. The third kappa shape index (κ3) is 5.33. The predicted octanol–water partition coefficient (Wildman–Crippen LogP) is 3.70. The van der Waals surface area contributed by atoms with Crippen LogP contribution in [0.3, 0.4) is 0 Å². The van der Waals surface area contributed by atoms with Crippen LogP contribution in [0.5, 0.6) is 0 Å². The molecule has 2 unspecified atom stereocenters. The van der Waals surface area contributed by atoms with Gasteiger partial charge in [-0.05, 0) is 43.7 Å². The lowest BCUT2D eigenvalue weighted by atomic mass is 10.1. The van der Waals surface area contributed by atoms with Gasteiger partial charge in [-0.25, -0.2) is 0 Å². The highest BCUT2D eigenvalue weighted by Crippen LogP contribution is 2.11. The Bertz CT molecular complexity index is 243. The van der Waals surface area contributed by atoms with Gasteiger partial charge >= 0.3 is 0 Å². The van der Waals surface area contributed by atoms with E-state index in [1.54, 1.807) is 0 Å². The Kier molecular flexibility index (Phi) is 5.96. The van der Waals surface area contributed by atoms with Gasteiger partial charge in [0.2, 0.25) is 0 Å². The number of nitrogens with one attached hydrogen (secondary N) is 1. The maximum Gasteiger partial charge on any atom is 0.00871 e. The summed E-state index contributed by atoms with van der Waals surface area (Å²) >= 11 is 1.86. The summed E-state index contributed by atoms with van der Waals surface area (Å²) in [5.41, 5.74) is 0. The first-order valence-electron chi connectivity index (χ1n) is 5.98. The Morgan fingerprint density at radius 3 is 2.80 bits per heavy atom. The van der Waals surface area contributed by atoms with E-state index < -0.39 is 0 Å². The van der Waals surface area contributed by atoms with Crippen LogP contribution in [0.1, 0.15) is 38.5 Å². The van der Waals surface area contributed by atoms with E-state index in [4.69, 9.17) is 0 Å². The van der Waals surface area contributed by atoms with E-state index in [0.717, 1.165) is 18.9 Å². The van der Waals surface area contributed by atoms with Gasteiger partial charge in [0.1, 0.15) is 0 Å². The molecule has 0 aromatic carbocycles. The summed E-state index contributed by atoms with van der Waals surface area (Å²) in [6.07, 6.45) is 3.79. The van der Waals surface area contributed by atoms with Crippen molar-refractivity contribution in [3.05, 3.63) is 22.4 Å². The van der Waals surface area contributed by atoms with Crippen LogP contribution in [-0.2, 0) is 6.42 Å². The first-order valence-corrected chi connectivity index (χ1v) is 6.86. The van der Waals surface area contributed by atoms with Crippen molar-refractivity contribution in [2.24, 2.45) is 5.92 Å². The zero-order valence-corrected chi connectivity index (χ0v) is 10.9. The van der Waals surface area contributed by atoms with E-state index in [9.17, 15) is 0 Å². The number of thiophene rings is 1. The molecule has 1 aromatic heterocycles. The van der Waals surface area contributed by atoms with Gasteiger partial charge < -0.3 is 5.32 Å². The van der Waals surface area contributed by atoms with Crippen molar-refractivity contribution in [3.63, 3.8) is 0 Å². The van der Waals surface area contributed by atoms with E-state index in [1.807, 2.05) is 11.3 Å². The second kappa shape index (κ2) is 7.02. The molecule has 15 heavy (non-hydrogen) atoms. The lowest BCUT2D eigenvalue weighted by molar-refractivity contribution is 0.437. The zero-order chi connectivity index (χ0) is 11.1. The number of hydrogen-bond acceptors (Lipinski definition) is 2. The molecular formula is C13H23NS. The van der Waals surface area contributed by atoms with Crippen LogP contribution in [0, 0.1) is 5.92 Å². The Hall–Kier alpha value is -0.340. The van der Waals surface area contributed by atoms with Gasteiger partial charge in [0.25, 0.3) is 0 Å². The maximum atomic E-state index is 3.61. The number of rotatable bonds is 7. The minimum Gasteiger partial charge on any atom is -0.314 e. The molecule has 0 bridgehead atoms. The Labute approximate surface area is 97.9 Å². The molecule has 0 aliphatic rings. The Balaban J connectivity index is 2.16. The minimum absolute atomic E-state index is 0.600. The summed E-state index contributed by atoms with van der Waals surface area (Å²) in [6, 6.07) is 4.95. The molecule has 2 heteroatoms. The summed E-state index contributed by atoms with van der Waals surface area (Å²) in [5.74, 6) is 0.806. The highest BCUT2D eigenvalue weighted by Gasteiger charge is 2.06. The lowest BCUT2D eigenvalue weighted by Gasteiger charge is -2.16. The van der Waals surface area contributed by atoms with Crippen LogP contribution in [0.15, 0.2) is 17.5 Å². The largest absolute Gasteiger partial charge is 0.314 e. The molecule has 86 valence electrons. The molecule has 1 nitrogen and oxygen atoms in total.